The number of likely N-dealkylation sites (tertiary alicyclic amines) is 1. The number of hydrogen-bond acceptors (Lipinski definition) is 3. The molecule has 1 fully saturated rings. The number of ether oxygens (including phenoxy) is 1. The van der Waals surface area contributed by atoms with E-state index in [1.807, 2.05) is 36.5 Å². The molecule has 24 heavy (non-hydrogen) atoms. The van der Waals surface area contributed by atoms with E-state index in [1.165, 1.54) is 5.56 Å². The van der Waals surface area contributed by atoms with Crippen LogP contribution in [0.2, 0.25) is 0 Å². The quantitative estimate of drug-likeness (QED) is 0.819. The molecule has 2 aromatic rings. The summed E-state index contributed by atoms with van der Waals surface area (Å²) < 4.78 is 6.97. The van der Waals surface area contributed by atoms with Crippen LogP contribution in [0.3, 0.4) is 0 Å². The fourth-order valence-electron chi connectivity index (χ4n) is 3.40. The number of methoxy groups -OCH3 is 1. The van der Waals surface area contributed by atoms with Crippen molar-refractivity contribution in [3.63, 3.8) is 0 Å². The van der Waals surface area contributed by atoms with Crippen LogP contribution in [0.5, 0.6) is 5.75 Å². The van der Waals surface area contributed by atoms with E-state index in [0.717, 1.165) is 43.5 Å². The van der Waals surface area contributed by atoms with Crippen molar-refractivity contribution < 1.29 is 9.53 Å². The first-order valence-corrected chi connectivity index (χ1v) is 8.58. The SMILES string of the molecule is COc1ccc(CCCC(=O)N2CCC[C@@H]2c2cnn(C)c2)cc1. The zero-order chi connectivity index (χ0) is 16.9. The van der Waals surface area contributed by atoms with Gasteiger partial charge < -0.3 is 9.64 Å². The van der Waals surface area contributed by atoms with E-state index in [-0.39, 0.29) is 11.9 Å². The molecule has 1 aliphatic rings. The lowest BCUT2D eigenvalue weighted by Crippen LogP contribution is -2.30. The van der Waals surface area contributed by atoms with E-state index in [2.05, 4.69) is 17.2 Å². The van der Waals surface area contributed by atoms with Crippen LogP contribution in [0, 0.1) is 0 Å². The highest BCUT2D eigenvalue weighted by molar-refractivity contribution is 5.77. The van der Waals surface area contributed by atoms with Gasteiger partial charge in [0.1, 0.15) is 5.75 Å². The number of hydrogen-bond donors (Lipinski definition) is 0. The fourth-order valence-corrected chi connectivity index (χ4v) is 3.40. The average Bonchev–Trinajstić information content (AvgIpc) is 3.24. The Hall–Kier alpha value is -2.30. The predicted octanol–water partition coefficient (Wildman–Crippen LogP) is 3.12. The number of rotatable bonds is 6. The summed E-state index contributed by atoms with van der Waals surface area (Å²) in [5.41, 5.74) is 2.40. The first-order chi connectivity index (χ1) is 11.7. The monoisotopic (exact) mass is 327 g/mol. The maximum atomic E-state index is 12.6. The van der Waals surface area contributed by atoms with Gasteiger partial charge in [-0.2, -0.15) is 5.10 Å². The number of aromatic nitrogens is 2. The molecule has 1 aromatic carbocycles. The molecule has 5 nitrogen and oxygen atoms in total. The number of amides is 1. The van der Waals surface area contributed by atoms with Crippen LogP contribution in [0.4, 0.5) is 0 Å². The summed E-state index contributed by atoms with van der Waals surface area (Å²) in [6.07, 6.45) is 8.41. The van der Waals surface area contributed by atoms with Crippen LogP contribution in [0.15, 0.2) is 36.7 Å². The van der Waals surface area contributed by atoms with Crippen molar-refractivity contribution >= 4 is 5.91 Å². The third-order valence-corrected chi connectivity index (χ3v) is 4.70. The van der Waals surface area contributed by atoms with Crippen molar-refractivity contribution in [2.75, 3.05) is 13.7 Å². The molecule has 2 heterocycles. The van der Waals surface area contributed by atoms with E-state index in [9.17, 15) is 4.79 Å². The lowest BCUT2D eigenvalue weighted by molar-refractivity contribution is -0.132. The maximum absolute atomic E-state index is 12.6. The van der Waals surface area contributed by atoms with Gasteiger partial charge in [-0.1, -0.05) is 12.1 Å². The zero-order valence-corrected chi connectivity index (χ0v) is 14.4. The Morgan fingerprint density at radius 2 is 2.12 bits per heavy atom. The van der Waals surface area contributed by atoms with E-state index in [1.54, 1.807) is 11.8 Å². The largest absolute Gasteiger partial charge is 0.497 e. The van der Waals surface area contributed by atoms with Gasteiger partial charge in [-0.25, -0.2) is 0 Å². The van der Waals surface area contributed by atoms with Gasteiger partial charge in [0.2, 0.25) is 5.91 Å². The van der Waals surface area contributed by atoms with Crippen molar-refractivity contribution in [2.45, 2.75) is 38.1 Å². The first kappa shape index (κ1) is 16.6. The molecular weight excluding hydrogens is 302 g/mol. The highest BCUT2D eigenvalue weighted by Gasteiger charge is 2.30. The molecule has 0 spiro atoms. The molecule has 0 aliphatic carbocycles. The molecule has 3 rings (SSSR count). The van der Waals surface area contributed by atoms with Crippen LogP contribution >= 0.6 is 0 Å². The number of carbonyl (C=O) groups is 1. The highest BCUT2D eigenvalue weighted by Crippen LogP contribution is 2.32. The Balaban J connectivity index is 1.52. The summed E-state index contributed by atoms with van der Waals surface area (Å²) >= 11 is 0. The van der Waals surface area contributed by atoms with E-state index in [0.29, 0.717) is 6.42 Å². The Bertz CT molecular complexity index is 678. The summed E-state index contributed by atoms with van der Waals surface area (Å²) in [5.74, 6) is 1.13. The topological polar surface area (TPSA) is 47.4 Å². The van der Waals surface area contributed by atoms with Gasteiger partial charge in [0.15, 0.2) is 0 Å². The van der Waals surface area contributed by atoms with Gasteiger partial charge in [-0.05, 0) is 43.4 Å². The highest BCUT2D eigenvalue weighted by atomic mass is 16.5. The lowest BCUT2D eigenvalue weighted by Gasteiger charge is -2.24. The van der Waals surface area contributed by atoms with Crippen LogP contribution in [0.1, 0.15) is 42.9 Å². The molecule has 128 valence electrons. The Kier molecular flexibility index (Phi) is 5.18. The van der Waals surface area contributed by atoms with Crippen molar-refractivity contribution in [2.24, 2.45) is 7.05 Å². The molecule has 0 bridgehead atoms. The van der Waals surface area contributed by atoms with E-state index >= 15 is 0 Å². The molecule has 1 atom stereocenters. The Labute approximate surface area is 143 Å². The van der Waals surface area contributed by atoms with E-state index < -0.39 is 0 Å². The van der Waals surface area contributed by atoms with Gasteiger partial charge in [-0.3, -0.25) is 9.48 Å². The summed E-state index contributed by atoms with van der Waals surface area (Å²) in [4.78, 5) is 14.6. The van der Waals surface area contributed by atoms with Gasteiger partial charge in [0, 0.05) is 31.8 Å². The van der Waals surface area contributed by atoms with Crippen molar-refractivity contribution in [1.29, 1.82) is 0 Å². The second kappa shape index (κ2) is 7.51. The number of carbonyl (C=O) groups excluding carboxylic acids is 1. The zero-order valence-electron chi connectivity index (χ0n) is 14.4. The molecule has 0 unspecified atom stereocenters. The van der Waals surface area contributed by atoms with E-state index in [4.69, 9.17) is 4.74 Å². The molecule has 1 amide bonds. The van der Waals surface area contributed by atoms with Gasteiger partial charge >= 0.3 is 0 Å². The minimum atomic E-state index is 0.201. The van der Waals surface area contributed by atoms with Crippen molar-refractivity contribution in [1.82, 2.24) is 14.7 Å². The number of benzene rings is 1. The molecule has 1 aromatic heterocycles. The minimum Gasteiger partial charge on any atom is -0.497 e. The number of aryl methyl sites for hydroxylation is 2. The van der Waals surface area contributed by atoms with Gasteiger partial charge in [0.25, 0.3) is 0 Å². The second-order valence-corrected chi connectivity index (χ2v) is 6.39. The van der Waals surface area contributed by atoms with Crippen LogP contribution < -0.4 is 4.74 Å². The van der Waals surface area contributed by atoms with Crippen molar-refractivity contribution in [3.05, 3.63) is 47.8 Å². The Morgan fingerprint density at radius 3 is 2.79 bits per heavy atom. The molecular formula is C19H25N3O2. The number of nitrogens with zero attached hydrogens (tertiary/aromatic N) is 3. The second-order valence-electron chi connectivity index (χ2n) is 6.39. The molecule has 1 saturated heterocycles. The molecule has 0 saturated carbocycles. The molecule has 1 aliphatic heterocycles. The fraction of sp³-hybridized carbons (Fsp3) is 0.474. The van der Waals surface area contributed by atoms with Crippen LogP contribution in [-0.4, -0.2) is 34.2 Å². The third-order valence-electron chi connectivity index (χ3n) is 4.70. The van der Waals surface area contributed by atoms with Crippen LogP contribution in [-0.2, 0) is 18.3 Å². The lowest BCUT2D eigenvalue weighted by atomic mass is 10.1. The molecule has 5 heteroatoms. The molecule has 0 N–H and O–H groups in total. The summed E-state index contributed by atoms with van der Waals surface area (Å²) in [5, 5.41) is 4.24. The normalized spacial score (nSPS) is 17.2. The third kappa shape index (κ3) is 3.78. The minimum absolute atomic E-state index is 0.201. The molecule has 0 radical (unpaired) electrons. The van der Waals surface area contributed by atoms with Gasteiger partial charge in [0.05, 0.1) is 19.3 Å². The van der Waals surface area contributed by atoms with Crippen LogP contribution in [0.25, 0.3) is 0 Å². The maximum Gasteiger partial charge on any atom is 0.223 e. The average molecular weight is 327 g/mol. The summed E-state index contributed by atoms with van der Waals surface area (Å²) in [6, 6.07) is 8.27. The van der Waals surface area contributed by atoms with Gasteiger partial charge in [-0.15, -0.1) is 0 Å². The summed E-state index contributed by atoms with van der Waals surface area (Å²) in [7, 11) is 3.59. The standard InChI is InChI=1S/C19H25N3O2/c1-21-14-16(13-20-21)18-6-4-12-22(18)19(23)7-3-5-15-8-10-17(24-2)11-9-15/h8-11,13-14,18H,3-7,12H2,1-2H3/t18-/m1/s1. The van der Waals surface area contributed by atoms with Crippen molar-refractivity contribution in [3.8, 4) is 5.75 Å². The Morgan fingerprint density at radius 1 is 1.33 bits per heavy atom. The summed E-state index contributed by atoms with van der Waals surface area (Å²) in [6.45, 7) is 0.862. The smallest absolute Gasteiger partial charge is 0.223 e. The predicted molar refractivity (Wildman–Crippen MR) is 92.8 cm³/mol. The first-order valence-electron chi connectivity index (χ1n) is 8.58.